The van der Waals surface area contributed by atoms with E-state index in [9.17, 15) is 0 Å². The highest BCUT2D eigenvalue weighted by Gasteiger charge is 2.05. The molecule has 3 aromatic rings. The van der Waals surface area contributed by atoms with E-state index in [2.05, 4.69) is 25.3 Å². The van der Waals surface area contributed by atoms with Gasteiger partial charge in [-0.3, -0.25) is 9.97 Å². The predicted molar refractivity (Wildman–Crippen MR) is 74.9 cm³/mol. The van der Waals surface area contributed by atoms with Crippen LogP contribution in [0.2, 0.25) is 10.3 Å². The van der Waals surface area contributed by atoms with E-state index in [0.29, 0.717) is 10.8 Å². The first-order chi connectivity index (χ1) is 9.22. The Kier molecular flexibility index (Phi) is 3.15. The van der Waals surface area contributed by atoms with E-state index >= 15 is 0 Å². The van der Waals surface area contributed by atoms with Gasteiger partial charge in [0.05, 0.1) is 17.2 Å². The Bertz CT molecular complexity index is 747. The molecule has 2 heterocycles. The summed E-state index contributed by atoms with van der Waals surface area (Å²) in [6, 6.07) is 5.58. The summed E-state index contributed by atoms with van der Waals surface area (Å²) in [7, 11) is 0. The van der Waals surface area contributed by atoms with Gasteiger partial charge in [-0.15, -0.1) is 0 Å². The van der Waals surface area contributed by atoms with Gasteiger partial charge in [0.25, 0.3) is 0 Å². The lowest BCUT2D eigenvalue weighted by atomic mass is 10.2. The molecule has 0 saturated heterocycles. The van der Waals surface area contributed by atoms with Crippen LogP contribution in [-0.4, -0.2) is 19.9 Å². The molecular weight excluding hydrogens is 285 g/mol. The van der Waals surface area contributed by atoms with Crippen molar-refractivity contribution in [2.45, 2.75) is 0 Å². The monoisotopic (exact) mass is 291 g/mol. The van der Waals surface area contributed by atoms with Crippen molar-refractivity contribution in [3.63, 3.8) is 0 Å². The lowest BCUT2D eigenvalue weighted by molar-refractivity contribution is 1.17. The summed E-state index contributed by atoms with van der Waals surface area (Å²) in [5, 5.41) is 3.59. The first-order valence-corrected chi connectivity index (χ1v) is 6.14. The highest BCUT2D eigenvalue weighted by molar-refractivity contribution is 6.33. The van der Waals surface area contributed by atoms with Gasteiger partial charge in [0.15, 0.2) is 5.82 Å². The molecule has 0 fully saturated rings. The summed E-state index contributed by atoms with van der Waals surface area (Å²) < 4.78 is 0. The Morgan fingerprint density at radius 3 is 2.58 bits per heavy atom. The minimum Gasteiger partial charge on any atom is -0.339 e. The SMILES string of the molecule is Clc1ncc(Cl)c(Nc2ccc3nccnc3c2)n1. The molecule has 1 N–H and O–H groups in total. The van der Waals surface area contributed by atoms with E-state index in [1.165, 1.54) is 6.20 Å². The number of nitrogens with one attached hydrogen (secondary N) is 1. The second kappa shape index (κ2) is 4.95. The number of halogens is 2. The zero-order valence-corrected chi connectivity index (χ0v) is 11.0. The van der Waals surface area contributed by atoms with Crippen molar-refractivity contribution in [1.29, 1.82) is 0 Å². The van der Waals surface area contributed by atoms with Gasteiger partial charge in [-0.1, -0.05) is 11.6 Å². The normalized spacial score (nSPS) is 10.6. The van der Waals surface area contributed by atoms with Crippen molar-refractivity contribution in [3.05, 3.63) is 47.1 Å². The molecule has 94 valence electrons. The highest BCUT2D eigenvalue weighted by Crippen LogP contribution is 2.24. The topological polar surface area (TPSA) is 63.6 Å². The van der Waals surface area contributed by atoms with Gasteiger partial charge in [-0.05, 0) is 29.8 Å². The standard InChI is InChI=1S/C12H7Cl2N5/c13-8-6-17-12(14)19-11(8)18-7-1-2-9-10(5-7)16-4-3-15-9/h1-6H,(H,17,18,19). The zero-order chi connectivity index (χ0) is 13.2. The van der Waals surface area contributed by atoms with Gasteiger partial charge >= 0.3 is 0 Å². The zero-order valence-electron chi connectivity index (χ0n) is 9.51. The molecule has 2 aromatic heterocycles. The van der Waals surface area contributed by atoms with Gasteiger partial charge < -0.3 is 5.32 Å². The third kappa shape index (κ3) is 2.57. The van der Waals surface area contributed by atoms with Crippen molar-refractivity contribution >= 4 is 45.7 Å². The minimum atomic E-state index is 0.132. The lowest BCUT2D eigenvalue weighted by Crippen LogP contribution is -1.96. The highest BCUT2D eigenvalue weighted by atomic mass is 35.5. The Morgan fingerprint density at radius 2 is 1.74 bits per heavy atom. The van der Waals surface area contributed by atoms with Gasteiger partial charge in [-0.25, -0.2) is 4.98 Å². The van der Waals surface area contributed by atoms with E-state index in [4.69, 9.17) is 23.2 Å². The van der Waals surface area contributed by atoms with Crippen LogP contribution in [0.1, 0.15) is 0 Å². The summed E-state index contributed by atoms with van der Waals surface area (Å²) in [5.41, 5.74) is 2.40. The van der Waals surface area contributed by atoms with E-state index in [-0.39, 0.29) is 5.28 Å². The molecule has 0 amide bonds. The number of fused-ring (bicyclic) bond motifs is 1. The van der Waals surface area contributed by atoms with E-state index < -0.39 is 0 Å². The molecule has 7 heteroatoms. The molecule has 3 rings (SSSR count). The van der Waals surface area contributed by atoms with Crippen LogP contribution in [0.5, 0.6) is 0 Å². The summed E-state index contributed by atoms with van der Waals surface area (Å²) in [6.07, 6.45) is 4.73. The third-order valence-corrected chi connectivity index (χ3v) is 2.91. The van der Waals surface area contributed by atoms with Crippen LogP contribution in [0, 0.1) is 0 Å². The van der Waals surface area contributed by atoms with E-state index in [0.717, 1.165) is 16.7 Å². The molecule has 0 aliphatic carbocycles. The predicted octanol–water partition coefficient (Wildman–Crippen LogP) is 3.47. The van der Waals surface area contributed by atoms with Gasteiger partial charge in [-0.2, -0.15) is 4.98 Å². The summed E-state index contributed by atoms with van der Waals surface area (Å²) >= 11 is 11.7. The maximum absolute atomic E-state index is 5.99. The van der Waals surface area contributed by atoms with E-state index in [1.54, 1.807) is 12.4 Å². The molecule has 0 aliphatic rings. The van der Waals surface area contributed by atoms with E-state index in [1.807, 2.05) is 18.2 Å². The average molecular weight is 292 g/mol. The fraction of sp³-hybridized carbons (Fsp3) is 0. The fourth-order valence-corrected chi connectivity index (χ4v) is 1.88. The Hall–Kier alpha value is -1.98. The quantitative estimate of drug-likeness (QED) is 0.733. The smallest absolute Gasteiger partial charge is 0.224 e. The second-order valence-corrected chi connectivity index (χ2v) is 4.47. The lowest BCUT2D eigenvalue weighted by Gasteiger charge is -2.07. The van der Waals surface area contributed by atoms with Crippen molar-refractivity contribution in [1.82, 2.24) is 19.9 Å². The summed E-state index contributed by atoms with van der Waals surface area (Å²) in [5.74, 6) is 0.449. The largest absolute Gasteiger partial charge is 0.339 e. The summed E-state index contributed by atoms with van der Waals surface area (Å²) in [4.78, 5) is 16.2. The van der Waals surface area contributed by atoms with Crippen LogP contribution in [0.25, 0.3) is 11.0 Å². The average Bonchev–Trinajstić information content (AvgIpc) is 2.43. The summed E-state index contributed by atoms with van der Waals surface area (Å²) in [6.45, 7) is 0. The number of benzene rings is 1. The molecule has 0 saturated carbocycles. The van der Waals surface area contributed by atoms with Crippen molar-refractivity contribution in [2.24, 2.45) is 0 Å². The number of anilines is 2. The van der Waals surface area contributed by atoms with Crippen LogP contribution in [0.3, 0.4) is 0 Å². The molecule has 0 aliphatic heterocycles. The number of hydrogen-bond donors (Lipinski definition) is 1. The first kappa shape index (κ1) is 12.1. The number of aromatic nitrogens is 4. The Balaban J connectivity index is 1.98. The Labute approximate surface area is 118 Å². The Morgan fingerprint density at radius 1 is 0.947 bits per heavy atom. The number of hydrogen-bond acceptors (Lipinski definition) is 5. The van der Waals surface area contributed by atoms with Gasteiger partial charge in [0.1, 0.15) is 5.02 Å². The molecular formula is C12H7Cl2N5. The van der Waals surface area contributed by atoms with Crippen molar-refractivity contribution in [2.75, 3.05) is 5.32 Å². The van der Waals surface area contributed by atoms with Crippen LogP contribution in [0.4, 0.5) is 11.5 Å². The maximum atomic E-state index is 5.99. The molecule has 19 heavy (non-hydrogen) atoms. The van der Waals surface area contributed by atoms with Crippen LogP contribution in [-0.2, 0) is 0 Å². The van der Waals surface area contributed by atoms with Crippen LogP contribution >= 0.6 is 23.2 Å². The van der Waals surface area contributed by atoms with Crippen molar-refractivity contribution in [3.8, 4) is 0 Å². The number of rotatable bonds is 2. The van der Waals surface area contributed by atoms with Gasteiger partial charge in [0, 0.05) is 18.1 Å². The first-order valence-electron chi connectivity index (χ1n) is 5.38. The molecule has 0 bridgehead atoms. The van der Waals surface area contributed by atoms with Crippen LogP contribution < -0.4 is 5.32 Å². The van der Waals surface area contributed by atoms with Gasteiger partial charge in [0.2, 0.25) is 5.28 Å². The molecule has 1 aromatic carbocycles. The third-order valence-electron chi connectivity index (χ3n) is 2.45. The van der Waals surface area contributed by atoms with Crippen molar-refractivity contribution < 1.29 is 0 Å². The molecule has 0 radical (unpaired) electrons. The fourth-order valence-electron chi connectivity index (χ4n) is 1.61. The molecule has 0 spiro atoms. The molecule has 5 nitrogen and oxygen atoms in total. The minimum absolute atomic E-state index is 0.132. The molecule has 0 atom stereocenters. The maximum Gasteiger partial charge on any atom is 0.224 e. The number of nitrogens with zero attached hydrogens (tertiary/aromatic N) is 4. The second-order valence-electron chi connectivity index (χ2n) is 3.72. The molecule has 0 unspecified atom stereocenters. The van der Waals surface area contributed by atoms with Crippen LogP contribution in [0.15, 0.2) is 36.8 Å².